The summed E-state index contributed by atoms with van der Waals surface area (Å²) < 4.78 is 26.8. The second kappa shape index (κ2) is 6.28. The SMILES string of the molecule is Cc1ccc(C(=O)Cl)cc1NS(=O)(=O)Cc1ccccc1. The van der Waals surface area contributed by atoms with Gasteiger partial charge in [0.05, 0.1) is 11.4 Å². The monoisotopic (exact) mass is 323 g/mol. The van der Waals surface area contributed by atoms with Crippen molar-refractivity contribution in [2.24, 2.45) is 0 Å². The molecule has 0 atom stereocenters. The van der Waals surface area contributed by atoms with Crippen molar-refractivity contribution < 1.29 is 13.2 Å². The normalized spacial score (nSPS) is 11.1. The lowest BCUT2D eigenvalue weighted by Gasteiger charge is -2.11. The standard InChI is InChI=1S/C15H14ClNO3S/c1-11-7-8-13(15(16)18)9-14(11)17-21(19,20)10-12-5-3-2-4-6-12/h2-9,17H,10H2,1H3. The maximum Gasteiger partial charge on any atom is 0.252 e. The highest BCUT2D eigenvalue weighted by Gasteiger charge is 2.14. The van der Waals surface area contributed by atoms with Crippen molar-refractivity contribution >= 4 is 32.6 Å². The van der Waals surface area contributed by atoms with Crippen LogP contribution in [-0.2, 0) is 15.8 Å². The summed E-state index contributed by atoms with van der Waals surface area (Å²) in [5.74, 6) is -0.133. The molecule has 2 aromatic carbocycles. The van der Waals surface area contributed by atoms with Crippen molar-refractivity contribution in [3.8, 4) is 0 Å². The predicted octanol–water partition coefficient (Wildman–Crippen LogP) is 3.32. The Hall–Kier alpha value is -1.85. The molecule has 2 aromatic rings. The smallest absolute Gasteiger partial charge is 0.252 e. The molecule has 110 valence electrons. The number of carbonyl (C=O) groups excluding carboxylic acids is 1. The Bertz CT molecular complexity index is 758. The lowest BCUT2D eigenvalue weighted by molar-refractivity contribution is 0.108. The van der Waals surface area contributed by atoms with Crippen molar-refractivity contribution in [1.82, 2.24) is 0 Å². The predicted molar refractivity (Wildman–Crippen MR) is 84.1 cm³/mol. The summed E-state index contributed by atoms with van der Waals surface area (Å²) >= 11 is 5.41. The molecule has 6 heteroatoms. The molecule has 0 unspecified atom stereocenters. The van der Waals surface area contributed by atoms with Gasteiger partial charge in [0.25, 0.3) is 5.24 Å². The van der Waals surface area contributed by atoms with Gasteiger partial charge >= 0.3 is 0 Å². The van der Waals surface area contributed by atoms with Crippen LogP contribution in [0.5, 0.6) is 0 Å². The molecule has 2 rings (SSSR count). The molecule has 1 N–H and O–H groups in total. The van der Waals surface area contributed by atoms with E-state index in [0.29, 0.717) is 16.8 Å². The molecule has 0 fully saturated rings. The fourth-order valence-electron chi connectivity index (χ4n) is 1.85. The van der Waals surface area contributed by atoms with E-state index in [1.165, 1.54) is 6.07 Å². The molecular formula is C15H14ClNO3S. The number of aryl methyl sites for hydroxylation is 1. The largest absolute Gasteiger partial charge is 0.283 e. The van der Waals surface area contributed by atoms with Crippen molar-refractivity contribution in [3.05, 3.63) is 65.2 Å². The first-order valence-electron chi connectivity index (χ1n) is 6.22. The lowest BCUT2D eigenvalue weighted by atomic mass is 10.1. The third kappa shape index (κ3) is 4.31. The number of hydrogen-bond acceptors (Lipinski definition) is 3. The van der Waals surface area contributed by atoms with Gasteiger partial charge in [-0.1, -0.05) is 36.4 Å². The average molecular weight is 324 g/mol. The first kappa shape index (κ1) is 15.5. The Morgan fingerprint density at radius 3 is 2.43 bits per heavy atom. The summed E-state index contributed by atoms with van der Waals surface area (Å²) in [4.78, 5) is 11.2. The quantitative estimate of drug-likeness (QED) is 0.858. The zero-order chi connectivity index (χ0) is 15.5. The Labute approximate surface area is 128 Å². The molecule has 4 nitrogen and oxygen atoms in total. The molecule has 0 saturated heterocycles. The topological polar surface area (TPSA) is 63.2 Å². The highest BCUT2D eigenvalue weighted by Crippen LogP contribution is 2.20. The van der Waals surface area contributed by atoms with Crippen LogP contribution in [0.3, 0.4) is 0 Å². The van der Waals surface area contributed by atoms with Crippen LogP contribution in [0.15, 0.2) is 48.5 Å². The summed E-state index contributed by atoms with van der Waals surface area (Å²) in [5.41, 5.74) is 2.01. The van der Waals surface area contributed by atoms with Crippen LogP contribution in [0.2, 0.25) is 0 Å². The second-order valence-electron chi connectivity index (χ2n) is 4.65. The van der Waals surface area contributed by atoms with Crippen molar-refractivity contribution in [1.29, 1.82) is 0 Å². The van der Waals surface area contributed by atoms with E-state index in [2.05, 4.69) is 4.72 Å². The molecule has 0 spiro atoms. The van der Waals surface area contributed by atoms with Crippen molar-refractivity contribution in [3.63, 3.8) is 0 Å². The minimum atomic E-state index is -3.56. The van der Waals surface area contributed by atoms with E-state index in [4.69, 9.17) is 11.6 Å². The number of carbonyl (C=O) groups is 1. The summed E-state index contributed by atoms with van der Waals surface area (Å²) in [6.45, 7) is 1.75. The summed E-state index contributed by atoms with van der Waals surface area (Å²) in [6, 6.07) is 13.5. The lowest BCUT2D eigenvalue weighted by Crippen LogP contribution is -2.16. The van der Waals surface area contributed by atoms with Crippen LogP contribution in [-0.4, -0.2) is 13.7 Å². The van der Waals surface area contributed by atoms with E-state index in [9.17, 15) is 13.2 Å². The van der Waals surface area contributed by atoms with Gasteiger partial charge in [0.2, 0.25) is 10.0 Å². The van der Waals surface area contributed by atoms with Crippen LogP contribution in [0.25, 0.3) is 0 Å². The average Bonchev–Trinajstić information content (AvgIpc) is 2.41. The molecule has 0 amide bonds. The van der Waals surface area contributed by atoms with Crippen LogP contribution in [0.4, 0.5) is 5.69 Å². The molecule has 0 saturated carbocycles. The van der Waals surface area contributed by atoms with Crippen LogP contribution in [0.1, 0.15) is 21.5 Å². The third-order valence-electron chi connectivity index (χ3n) is 2.93. The van der Waals surface area contributed by atoms with Gasteiger partial charge in [-0.3, -0.25) is 9.52 Å². The summed E-state index contributed by atoms with van der Waals surface area (Å²) in [7, 11) is -3.56. The molecule has 0 aliphatic heterocycles. The Morgan fingerprint density at radius 1 is 1.14 bits per heavy atom. The van der Waals surface area contributed by atoms with Gasteiger partial charge in [-0.05, 0) is 41.8 Å². The van der Waals surface area contributed by atoms with E-state index in [1.807, 2.05) is 6.07 Å². The fourth-order valence-corrected chi connectivity index (χ4v) is 3.23. The number of anilines is 1. The third-order valence-corrected chi connectivity index (χ3v) is 4.39. The van der Waals surface area contributed by atoms with E-state index in [1.54, 1.807) is 43.3 Å². The van der Waals surface area contributed by atoms with Crippen molar-refractivity contribution in [2.45, 2.75) is 12.7 Å². The number of benzene rings is 2. The molecule has 0 radical (unpaired) electrons. The van der Waals surface area contributed by atoms with E-state index in [0.717, 1.165) is 0 Å². The number of halogens is 1. The summed E-state index contributed by atoms with van der Waals surface area (Å²) in [5, 5.41) is -0.626. The highest BCUT2D eigenvalue weighted by atomic mass is 35.5. The number of sulfonamides is 1. The zero-order valence-electron chi connectivity index (χ0n) is 11.3. The molecule has 0 aliphatic carbocycles. The van der Waals surface area contributed by atoms with Crippen molar-refractivity contribution in [2.75, 3.05) is 4.72 Å². The minimum absolute atomic E-state index is 0.133. The van der Waals surface area contributed by atoms with Crippen LogP contribution in [0, 0.1) is 6.92 Å². The molecule has 0 bridgehead atoms. The highest BCUT2D eigenvalue weighted by molar-refractivity contribution is 7.91. The maximum atomic E-state index is 12.2. The van der Waals surface area contributed by atoms with Gasteiger partial charge in [0.1, 0.15) is 0 Å². The number of hydrogen-bond donors (Lipinski definition) is 1. The first-order chi connectivity index (χ1) is 9.87. The molecule has 0 aliphatic rings. The molecule has 21 heavy (non-hydrogen) atoms. The maximum absolute atomic E-state index is 12.2. The van der Waals surface area contributed by atoms with Crippen LogP contribution < -0.4 is 4.72 Å². The van der Waals surface area contributed by atoms with Gasteiger partial charge in [0, 0.05) is 5.56 Å². The van der Waals surface area contributed by atoms with E-state index in [-0.39, 0.29) is 11.3 Å². The zero-order valence-corrected chi connectivity index (χ0v) is 12.9. The Balaban J connectivity index is 2.24. The molecule has 0 heterocycles. The number of nitrogens with one attached hydrogen (secondary N) is 1. The minimum Gasteiger partial charge on any atom is -0.283 e. The summed E-state index contributed by atoms with van der Waals surface area (Å²) in [6.07, 6.45) is 0. The van der Waals surface area contributed by atoms with Crippen LogP contribution >= 0.6 is 11.6 Å². The van der Waals surface area contributed by atoms with E-state index >= 15 is 0 Å². The van der Waals surface area contributed by atoms with E-state index < -0.39 is 15.3 Å². The van der Waals surface area contributed by atoms with Gasteiger partial charge in [0.15, 0.2) is 0 Å². The first-order valence-corrected chi connectivity index (χ1v) is 8.25. The molecular weight excluding hydrogens is 310 g/mol. The van der Waals surface area contributed by atoms with Gasteiger partial charge < -0.3 is 0 Å². The van der Waals surface area contributed by atoms with Gasteiger partial charge in [-0.15, -0.1) is 0 Å². The van der Waals surface area contributed by atoms with Gasteiger partial charge in [-0.25, -0.2) is 8.42 Å². The second-order valence-corrected chi connectivity index (χ2v) is 6.72. The Kier molecular flexibility index (Phi) is 4.65. The fraction of sp³-hybridized carbons (Fsp3) is 0.133. The van der Waals surface area contributed by atoms with Gasteiger partial charge in [-0.2, -0.15) is 0 Å². The molecule has 0 aromatic heterocycles. The Morgan fingerprint density at radius 2 is 1.81 bits per heavy atom. The number of rotatable bonds is 5.